The van der Waals surface area contributed by atoms with Gasteiger partial charge in [0.15, 0.2) is 5.13 Å². The Morgan fingerprint density at radius 3 is 3.00 bits per heavy atom. The van der Waals surface area contributed by atoms with Gasteiger partial charge in [-0.05, 0) is 39.4 Å². The minimum atomic E-state index is -0.0120. The molecule has 0 aliphatic carbocycles. The van der Waals surface area contributed by atoms with Crippen molar-refractivity contribution < 1.29 is 9.53 Å². The van der Waals surface area contributed by atoms with Crippen molar-refractivity contribution in [3.8, 4) is 0 Å². The Morgan fingerprint density at radius 1 is 1.50 bits per heavy atom. The second-order valence-electron chi connectivity index (χ2n) is 5.76. The first-order valence-corrected chi connectivity index (χ1v) is 8.69. The molecule has 7 heteroatoms. The minimum Gasteiger partial charge on any atom is -0.385 e. The Morgan fingerprint density at radius 2 is 2.27 bits per heavy atom. The van der Waals surface area contributed by atoms with Crippen molar-refractivity contribution in [1.82, 2.24) is 14.8 Å². The standard InChI is InChI=1S/C15H26N4O2S/c1-18(6-5-9-21-2)11-14(20)17-15-16-13(12-22-15)10-19-7-3-4-8-19/h12H,3-11H2,1-2H3,(H,16,17,20). The van der Waals surface area contributed by atoms with Crippen molar-refractivity contribution in [2.45, 2.75) is 25.8 Å². The summed E-state index contributed by atoms with van der Waals surface area (Å²) in [5.74, 6) is -0.0120. The minimum absolute atomic E-state index is 0.0120. The molecule has 6 nitrogen and oxygen atoms in total. The Balaban J connectivity index is 1.71. The van der Waals surface area contributed by atoms with Crippen molar-refractivity contribution in [2.75, 3.05) is 52.3 Å². The summed E-state index contributed by atoms with van der Waals surface area (Å²) in [5.41, 5.74) is 1.05. The molecule has 1 N–H and O–H groups in total. The van der Waals surface area contributed by atoms with Crippen molar-refractivity contribution in [3.05, 3.63) is 11.1 Å². The number of carbonyl (C=O) groups is 1. The maximum absolute atomic E-state index is 12.0. The van der Waals surface area contributed by atoms with Crippen LogP contribution in [0.5, 0.6) is 0 Å². The molecule has 1 aromatic heterocycles. The lowest BCUT2D eigenvalue weighted by atomic mass is 10.4. The number of methoxy groups -OCH3 is 1. The second kappa shape index (κ2) is 9.19. The zero-order valence-electron chi connectivity index (χ0n) is 13.5. The first-order chi connectivity index (χ1) is 10.7. The van der Waals surface area contributed by atoms with Crippen LogP contribution in [0.4, 0.5) is 5.13 Å². The van der Waals surface area contributed by atoms with Gasteiger partial charge in [-0.15, -0.1) is 11.3 Å². The van der Waals surface area contributed by atoms with E-state index in [2.05, 4.69) is 15.2 Å². The molecule has 0 spiro atoms. The maximum Gasteiger partial charge on any atom is 0.240 e. The molecule has 0 unspecified atom stereocenters. The van der Waals surface area contributed by atoms with E-state index in [-0.39, 0.29) is 5.91 Å². The summed E-state index contributed by atoms with van der Waals surface area (Å²) >= 11 is 1.50. The van der Waals surface area contributed by atoms with Gasteiger partial charge in [0.05, 0.1) is 12.2 Å². The smallest absolute Gasteiger partial charge is 0.240 e. The van der Waals surface area contributed by atoms with Crippen LogP contribution in [0.2, 0.25) is 0 Å². The number of rotatable bonds is 9. The number of hydrogen-bond acceptors (Lipinski definition) is 6. The lowest BCUT2D eigenvalue weighted by molar-refractivity contribution is -0.117. The molecule has 1 aromatic rings. The van der Waals surface area contributed by atoms with Crippen LogP contribution in [-0.2, 0) is 16.1 Å². The molecule has 0 radical (unpaired) electrons. The van der Waals surface area contributed by atoms with Gasteiger partial charge >= 0.3 is 0 Å². The zero-order chi connectivity index (χ0) is 15.8. The number of amides is 1. The number of anilines is 1. The van der Waals surface area contributed by atoms with Crippen LogP contribution in [0.3, 0.4) is 0 Å². The molecular weight excluding hydrogens is 300 g/mol. The molecule has 0 saturated carbocycles. The predicted molar refractivity (Wildman–Crippen MR) is 89.2 cm³/mol. The van der Waals surface area contributed by atoms with E-state index in [0.29, 0.717) is 11.7 Å². The van der Waals surface area contributed by atoms with Crippen LogP contribution in [0.15, 0.2) is 5.38 Å². The fourth-order valence-electron chi connectivity index (χ4n) is 2.57. The molecule has 2 rings (SSSR count). The zero-order valence-corrected chi connectivity index (χ0v) is 14.3. The van der Waals surface area contributed by atoms with Crippen molar-refractivity contribution in [3.63, 3.8) is 0 Å². The summed E-state index contributed by atoms with van der Waals surface area (Å²) in [6.07, 6.45) is 3.49. The summed E-state index contributed by atoms with van der Waals surface area (Å²) in [4.78, 5) is 20.9. The molecule has 1 fully saturated rings. The first-order valence-electron chi connectivity index (χ1n) is 7.81. The SMILES string of the molecule is COCCCN(C)CC(=O)Nc1nc(CN2CCCC2)cs1. The largest absolute Gasteiger partial charge is 0.385 e. The molecule has 2 heterocycles. The maximum atomic E-state index is 12.0. The van der Waals surface area contributed by atoms with Gasteiger partial charge in [-0.25, -0.2) is 4.98 Å². The number of carbonyl (C=O) groups excluding carboxylic acids is 1. The third kappa shape index (κ3) is 6.00. The highest BCUT2D eigenvalue weighted by Crippen LogP contribution is 2.18. The number of hydrogen-bond donors (Lipinski definition) is 1. The van der Waals surface area contributed by atoms with Crippen LogP contribution in [0, 0.1) is 0 Å². The van der Waals surface area contributed by atoms with E-state index in [9.17, 15) is 4.79 Å². The highest BCUT2D eigenvalue weighted by molar-refractivity contribution is 7.13. The number of thiazole rings is 1. The number of aromatic nitrogens is 1. The van der Waals surface area contributed by atoms with Gasteiger partial charge < -0.3 is 10.1 Å². The highest BCUT2D eigenvalue weighted by Gasteiger charge is 2.14. The Kier molecular flexibility index (Phi) is 7.24. The number of ether oxygens (including phenoxy) is 1. The molecule has 1 aliphatic rings. The van der Waals surface area contributed by atoms with E-state index in [1.54, 1.807) is 7.11 Å². The van der Waals surface area contributed by atoms with Gasteiger partial charge in [0.2, 0.25) is 5.91 Å². The van der Waals surface area contributed by atoms with E-state index in [4.69, 9.17) is 4.74 Å². The second-order valence-corrected chi connectivity index (χ2v) is 6.62. The average Bonchev–Trinajstić information content (AvgIpc) is 3.11. The lowest BCUT2D eigenvalue weighted by Crippen LogP contribution is -2.31. The Bertz CT molecular complexity index is 460. The van der Waals surface area contributed by atoms with E-state index >= 15 is 0 Å². The van der Waals surface area contributed by atoms with Gasteiger partial charge in [-0.1, -0.05) is 0 Å². The Hall–Kier alpha value is -1.02. The molecule has 22 heavy (non-hydrogen) atoms. The summed E-state index contributed by atoms with van der Waals surface area (Å²) in [6, 6.07) is 0. The van der Waals surface area contributed by atoms with E-state index in [1.165, 1.54) is 24.2 Å². The molecule has 1 amide bonds. The van der Waals surface area contributed by atoms with Crippen molar-refractivity contribution in [1.29, 1.82) is 0 Å². The lowest BCUT2D eigenvalue weighted by Gasteiger charge is -2.15. The highest BCUT2D eigenvalue weighted by atomic mass is 32.1. The van der Waals surface area contributed by atoms with Gasteiger partial charge in [0.25, 0.3) is 0 Å². The molecule has 1 saturated heterocycles. The van der Waals surface area contributed by atoms with Gasteiger partial charge in [-0.2, -0.15) is 0 Å². The number of likely N-dealkylation sites (N-methyl/N-ethyl adjacent to an activating group) is 1. The number of nitrogens with one attached hydrogen (secondary N) is 1. The summed E-state index contributed by atoms with van der Waals surface area (Å²) in [7, 11) is 3.63. The topological polar surface area (TPSA) is 57.7 Å². The van der Waals surface area contributed by atoms with E-state index < -0.39 is 0 Å². The fraction of sp³-hybridized carbons (Fsp3) is 0.733. The molecule has 0 atom stereocenters. The monoisotopic (exact) mass is 326 g/mol. The van der Waals surface area contributed by atoms with Gasteiger partial charge in [-0.3, -0.25) is 14.6 Å². The molecule has 124 valence electrons. The predicted octanol–water partition coefficient (Wildman–Crippen LogP) is 1.65. The third-order valence-corrected chi connectivity index (χ3v) is 4.49. The van der Waals surface area contributed by atoms with E-state index in [1.807, 2.05) is 17.3 Å². The quantitative estimate of drug-likeness (QED) is 0.699. The Labute approximate surface area is 136 Å². The normalized spacial score (nSPS) is 15.6. The first kappa shape index (κ1) is 17.3. The summed E-state index contributed by atoms with van der Waals surface area (Å²) in [6.45, 7) is 5.16. The van der Waals surface area contributed by atoms with Crippen LogP contribution in [-0.4, -0.2) is 67.6 Å². The van der Waals surface area contributed by atoms with Crippen molar-refractivity contribution >= 4 is 22.4 Å². The van der Waals surface area contributed by atoms with Crippen LogP contribution >= 0.6 is 11.3 Å². The molecular formula is C15H26N4O2S. The molecule has 0 bridgehead atoms. The number of likely N-dealkylation sites (tertiary alicyclic amines) is 1. The number of nitrogens with zero attached hydrogens (tertiary/aromatic N) is 3. The average molecular weight is 326 g/mol. The van der Waals surface area contributed by atoms with Crippen LogP contribution in [0.25, 0.3) is 0 Å². The van der Waals surface area contributed by atoms with Crippen LogP contribution < -0.4 is 5.32 Å². The third-order valence-electron chi connectivity index (χ3n) is 3.68. The van der Waals surface area contributed by atoms with Crippen molar-refractivity contribution in [2.24, 2.45) is 0 Å². The van der Waals surface area contributed by atoms with Gasteiger partial charge in [0, 0.05) is 32.2 Å². The molecule has 0 aromatic carbocycles. The van der Waals surface area contributed by atoms with Gasteiger partial charge in [0.1, 0.15) is 0 Å². The summed E-state index contributed by atoms with van der Waals surface area (Å²) < 4.78 is 5.01. The molecule has 1 aliphatic heterocycles. The van der Waals surface area contributed by atoms with E-state index in [0.717, 1.165) is 44.9 Å². The summed E-state index contributed by atoms with van der Waals surface area (Å²) in [5, 5.41) is 5.62. The van der Waals surface area contributed by atoms with Crippen LogP contribution in [0.1, 0.15) is 25.0 Å². The fourth-order valence-corrected chi connectivity index (χ4v) is 3.29.